The Morgan fingerprint density at radius 1 is 1.26 bits per heavy atom. The lowest BCUT2D eigenvalue weighted by atomic mass is 10.3. The molecular weight excluding hydrogens is 369 g/mol. The van der Waals surface area contributed by atoms with Crippen LogP contribution in [0.5, 0.6) is 0 Å². The summed E-state index contributed by atoms with van der Waals surface area (Å²) in [5.74, 6) is 1.26. The highest BCUT2D eigenvalue weighted by Crippen LogP contribution is 2.29. The van der Waals surface area contributed by atoms with Crippen LogP contribution in [0, 0.1) is 0 Å². The van der Waals surface area contributed by atoms with Gasteiger partial charge >= 0.3 is 0 Å². The van der Waals surface area contributed by atoms with Gasteiger partial charge in [0.25, 0.3) is 0 Å². The zero-order valence-electron chi connectivity index (χ0n) is 10.1. The monoisotopic (exact) mass is 379 g/mol. The van der Waals surface area contributed by atoms with Crippen molar-refractivity contribution < 1.29 is 0 Å². The van der Waals surface area contributed by atoms with Gasteiger partial charge in [0.15, 0.2) is 0 Å². The second-order valence-corrected chi connectivity index (χ2v) is 7.14. The molecule has 7 heteroatoms. The van der Waals surface area contributed by atoms with Crippen molar-refractivity contribution in [3.8, 4) is 0 Å². The average Bonchev–Trinajstić information content (AvgIpc) is 2.78. The second kappa shape index (κ2) is 6.79. The number of rotatable bonds is 5. The minimum Gasteiger partial charge on any atom is -0.372 e. The molecule has 0 unspecified atom stereocenters. The molecule has 0 aliphatic carbocycles. The molecule has 102 valence electrons. The van der Waals surface area contributed by atoms with Crippen LogP contribution in [0.2, 0.25) is 10.0 Å². The van der Waals surface area contributed by atoms with Crippen LogP contribution in [0.3, 0.4) is 0 Å². The molecule has 2 aromatic heterocycles. The topological polar surface area (TPSA) is 37.0 Å². The van der Waals surface area contributed by atoms with Gasteiger partial charge in [0, 0.05) is 18.5 Å². The molecule has 0 spiro atoms. The number of hydrogen-bond donors (Lipinski definition) is 2. The number of hydrogen-bond acceptors (Lipinski definition) is 4. The van der Waals surface area contributed by atoms with Crippen molar-refractivity contribution in [2.75, 3.05) is 24.2 Å². The van der Waals surface area contributed by atoms with Gasteiger partial charge in [0.1, 0.15) is 11.6 Å². The van der Waals surface area contributed by atoms with Crippen molar-refractivity contribution in [3.63, 3.8) is 0 Å². The van der Waals surface area contributed by atoms with Crippen LogP contribution >= 0.6 is 50.5 Å². The lowest BCUT2D eigenvalue weighted by Gasteiger charge is -2.10. The minimum atomic E-state index is 0.514. The van der Waals surface area contributed by atoms with Crippen molar-refractivity contribution in [2.45, 2.75) is 6.42 Å². The quantitative estimate of drug-likeness (QED) is 0.773. The first-order valence-corrected chi connectivity index (χ1v) is 7.98. The van der Waals surface area contributed by atoms with Crippen LogP contribution in [0.4, 0.5) is 11.6 Å². The molecule has 0 saturated heterocycles. The fraction of sp³-hybridized carbons (Fsp3) is 0.250. The van der Waals surface area contributed by atoms with Gasteiger partial charge in [0.2, 0.25) is 0 Å². The summed E-state index contributed by atoms with van der Waals surface area (Å²) in [6, 6.07) is 5.84. The van der Waals surface area contributed by atoms with Crippen LogP contribution in [-0.4, -0.2) is 18.6 Å². The Labute approximate surface area is 134 Å². The van der Waals surface area contributed by atoms with E-state index in [-0.39, 0.29) is 0 Å². The van der Waals surface area contributed by atoms with Gasteiger partial charge in [-0.05, 0) is 40.5 Å². The Morgan fingerprint density at radius 3 is 2.63 bits per heavy atom. The number of pyridine rings is 1. The van der Waals surface area contributed by atoms with Crippen molar-refractivity contribution in [2.24, 2.45) is 0 Å². The van der Waals surface area contributed by atoms with Crippen LogP contribution in [0.15, 0.2) is 22.0 Å². The lowest BCUT2D eigenvalue weighted by molar-refractivity contribution is 1.03. The van der Waals surface area contributed by atoms with Crippen molar-refractivity contribution >= 4 is 62.1 Å². The summed E-state index contributed by atoms with van der Waals surface area (Å²) in [7, 11) is 1.77. The van der Waals surface area contributed by atoms with Crippen LogP contribution in [0.25, 0.3) is 0 Å². The third kappa shape index (κ3) is 3.99. The summed E-state index contributed by atoms with van der Waals surface area (Å²) in [5, 5.41) is 7.19. The van der Waals surface area contributed by atoms with Crippen LogP contribution < -0.4 is 10.6 Å². The van der Waals surface area contributed by atoms with Crippen LogP contribution in [-0.2, 0) is 6.42 Å². The highest BCUT2D eigenvalue weighted by Gasteiger charge is 2.08. The number of halogens is 3. The molecule has 0 amide bonds. The van der Waals surface area contributed by atoms with Crippen molar-refractivity contribution in [3.05, 3.63) is 36.9 Å². The van der Waals surface area contributed by atoms with Crippen molar-refractivity contribution in [1.82, 2.24) is 4.98 Å². The fourth-order valence-electron chi connectivity index (χ4n) is 1.56. The van der Waals surface area contributed by atoms with Gasteiger partial charge in [-0.25, -0.2) is 4.98 Å². The van der Waals surface area contributed by atoms with E-state index in [4.69, 9.17) is 23.2 Å². The van der Waals surface area contributed by atoms with E-state index in [1.807, 2.05) is 6.07 Å². The first-order valence-electron chi connectivity index (χ1n) is 5.62. The average molecular weight is 381 g/mol. The smallest absolute Gasteiger partial charge is 0.147 e. The molecule has 2 N–H and O–H groups in total. The molecule has 0 aliphatic heterocycles. The number of thiophene rings is 1. The summed E-state index contributed by atoms with van der Waals surface area (Å²) in [4.78, 5) is 5.64. The van der Waals surface area contributed by atoms with Gasteiger partial charge in [-0.3, -0.25) is 0 Å². The molecule has 0 saturated carbocycles. The number of nitrogens with one attached hydrogen (secondary N) is 2. The highest BCUT2D eigenvalue weighted by atomic mass is 79.9. The van der Waals surface area contributed by atoms with E-state index in [0.29, 0.717) is 21.7 Å². The van der Waals surface area contributed by atoms with E-state index in [9.17, 15) is 0 Å². The molecule has 19 heavy (non-hydrogen) atoms. The van der Waals surface area contributed by atoms with E-state index in [1.165, 1.54) is 4.88 Å². The predicted octanol–water partition coefficient (Wildman–Crippen LogP) is 4.91. The molecule has 0 aliphatic rings. The number of anilines is 2. The SMILES string of the molecule is CNc1nc(NCCc2ccc(Br)s2)c(Cl)cc1Cl. The first-order chi connectivity index (χ1) is 9.10. The molecule has 2 aromatic rings. The summed E-state index contributed by atoms with van der Waals surface area (Å²) in [6.07, 6.45) is 0.922. The third-order valence-electron chi connectivity index (χ3n) is 2.46. The standard InChI is InChI=1S/C12H12BrCl2N3S/c1-16-11-8(14)6-9(15)12(18-11)17-5-4-7-2-3-10(13)19-7/h2-3,6H,4-5H2,1H3,(H2,16,17,18). The summed E-state index contributed by atoms with van der Waals surface area (Å²) >= 11 is 17.3. The zero-order valence-corrected chi connectivity index (χ0v) is 14.0. The molecule has 0 atom stereocenters. The van der Waals surface area contributed by atoms with Crippen LogP contribution in [0.1, 0.15) is 4.88 Å². The summed E-state index contributed by atoms with van der Waals surface area (Å²) in [5.41, 5.74) is 0. The molecule has 2 heterocycles. The lowest BCUT2D eigenvalue weighted by Crippen LogP contribution is -2.07. The molecule has 0 radical (unpaired) electrons. The van der Waals surface area contributed by atoms with E-state index in [1.54, 1.807) is 24.5 Å². The van der Waals surface area contributed by atoms with Gasteiger partial charge in [0.05, 0.1) is 13.8 Å². The van der Waals surface area contributed by atoms with Gasteiger partial charge in [-0.2, -0.15) is 0 Å². The van der Waals surface area contributed by atoms with E-state index >= 15 is 0 Å². The maximum Gasteiger partial charge on any atom is 0.147 e. The van der Waals surface area contributed by atoms with Gasteiger partial charge in [-0.1, -0.05) is 23.2 Å². The van der Waals surface area contributed by atoms with E-state index in [0.717, 1.165) is 16.8 Å². The zero-order chi connectivity index (χ0) is 13.8. The Balaban J connectivity index is 1.99. The van der Waals surface area contributed by atoms with E-state index in [2.05, 4.69) is 37.6 Å². The first kappa shape index (κ1) is 14.9. The minimum absolute atomic E-state index is 0.514. The molecular formula is C12H12BrCl2N3S. The Hall–Kier alpha value is -0.490. The maximum atomic E-state index is 6.10. The third-order valence-corrected chi connectivity index (χ3v) is 4.72. The Morgan fingerprint density at radius 2 is 2.00 bits per heavy atom. The largest absolute Gasteiger partial charge is 0.372 e. The molecule has 0 bridgehead atoms. The predicted molar refractivity (Wildman–Crippen MR) is 88.0 cm³/mol. The maximum absolute atomic E-state index is 6.10. The second-order valence-electron chi connectivity index (χ2n) is 3.78. The highest BCUT2D eigenvalue weighted by molar-refractivity contribution is 9.11. The Kier molecular flexibility index (Phi) is 5.33. The van der Waals surface area contributed by atoms with Crippen molar-refractivity contribution in [1.29, 1.82) is 0 Å². The van der Waals surface area contributed by atoms with Gasteiger partial charge < -0.3 is 10.6 Å². The molecule has 0 fully saturated rings. The van der Waals surface area contributed by atoms with Gasteiger partial charge in [-0.15, -0.1) is 11.3 Å². The summed E-state index contributed by atoms with van der Waals surface area (Å²) < 4.78 is 1.14. The molecule has 3 nitrogen and oxygen atoms in total. The fourth-order valence-corrected chi connectivity index (χ4v) is 3.56. The van der Waals surface area contributed by atoms with E-state index < -0.39 is 0 Å². The molecule has 2 rings (SSSR count). The summed E-state index contributed by atoms with van der Waals surface area (Å²) in [6.45, 7) is 0.768. The Bertz CT molecular complexity index is 574. The normalized spacial score (nSPS) is 10.5. The molecule has 0 aromatic carbocycles. The number of aromatic nitrogens is 1. The number of nitrogens with zero attached hydrogens (tertiary/aromatic N) is 1.